The van der Waals surface area contributed by atoms with Crippen LogP contribution in [0, 0.1) is 0 Å². The second-order valence-electron chi connectivity index (χ2n) is 12.4. The van der Waals surface area contributed by atoms with Crippen molar-refractivity contribution in [1.29, 1.82) is 0 Å². The number of fused-ring (bicyclic) bond motifs is 1. The van der Waals surface area contributed by atoms with Crippen LogP contribution in [0.1, 0.15) is 79.2 Å². The third-order valence-corrected chi connectivity index (χ3v) is 7.83. The summed E-state index contributed by atoms with van der Waals surface area (Å²) in [5.74, 6) is 0.446. The molecule has 1 atom stereocenters. The van der Waals surface area contributed by atoms with Gasteiger partial charge in [0.05, 0.1) is 19.7 Å². The fraction of sp³-hybridized carbons (Fsp3) is 0.400. The topological polar surface area (TPSA) is 92.3 Å². The number of benzene rings is 3. The lowest BCUT2D eigenvalue weighted by Gasteiger charge is -2.23. The van der Waals surface area contributed by atoms with Gasteiger partial charge in [0, 0.05) is 29.9 Å². The van der Waals surface area contributed by atoms with Crippen molar-refractivity contribution >= 4 is 17.7 Å². The van der Waals surface area contributed by atoms with E-state index in [0.29, 0.717) is 17.9 Å². The summed E-state index contributed by atoms with van der Waals surface area (Å²) in [5.41, 5.74) is 7.34. The Morgan fingerprint density at radius 3 is 2.53 bits per heavy atom. The fourth-order valence-corrected chi connectivity index (χ4v) is 5.65. The molecule has 3 aromatic carbocycles. The number of carbonyl (C=O) groups excluding carboxylic acids is 2. The Kier molecular flexibility index (Phi) is 9.16. The molecule has 0 saturated carbocycles. The standard InChI is InChI=1S/C35H42N4O4/c1-23-31-19-25(11-12-27(31)20-36-23)28-15-24(22-39-13-6-7-14-39)16-29(17-28)33(40)38-32(21-37-34(41)43-35(2,3)4)26-9-8-10-30(18-26)42-5/h8-12,15-19,32H,6-7,13-14,20-22H2,1-5H3,(H,37,41)(H,38,40). The first kappa shape index (κ1) is 30.3. The average Bonchev–Trinajstić information content (AvgIpc) is 3.63. The molecule has 0 aliphatic carbocycles. The first-order valence-corrected chi connectivity index (χ1v) is 15.0. The van der Waals surface area contributed by atoms with Crippen LogP contribution in [0.2, 0.25) is 0 Å². The van der Waals surface area contributed by atoms with E-state index in [-0.39, 0.29) is 12.5 Å². The number of hydrogen-bond acceptors (Lipinski definition) is 6. The Morgan fingerprint density at radius 1 is 1.00 bits per heavy atom. The van der Waals surface area contributed by atoms with Crippen LogP contribution in [0.15, 0.2) is 65.7 Å². The second-order valence-corrected chi connectivity index (χ2v) is 12.4. The van der Waals surface area contributed by atoms with Gasteiger partial charge in [-0.3, -0.25) is 14.7 Å². The maximum absolute atomic E-state index is 13.9. The molecule has 1 unspecified atom stereocenters. The van der Waals surface area contributed by atoms with Gasteiger partial charge < -0.3 is 20.1 Å². The predicted molar refractivity (Wildman–Crippen MR) is 170 cm³/mol. The molecular formula is C35H42N4O4. The van der Waals surface area contributed by atoms with Crippen LogP contribution in [0.25, 0.3) is 11.1 Å². The first-order valence-electron chi connectivity index (χ1n) is 15.0. The Morgan fingerprint density at radius 2 is 1.79 bits per heavy atom. The lowest BCUT2D eigenvalue weighted by Crippen LogP contribution is -2.40. The SMILES string of the molecule is COc1cccc(C(CNC(=O)OC(C)(C)C)NC(=O)c2cc(CN3CCCC3)cc(-c3ccc4c(c3)C(C)=NC4)c2)c1. The van der Waals surface area contributed by atoms with Gasteiger partial charge in [0.1, 0.15) is 11.4 Å². The molecule has 0 radical (unpaired) electrons. The molecule has 8 heteroatoms. The number of likely N-dealkylation sites (tertiary alicyclic amines) is 1. The minimum atomic E-state index is -0.632. The number of rotatable bonds is 9. The van der Waals surface area contributed by atoms with Crippen LogP contribution in [0.5, 0.6) is 5.75 Å². The number of aliphatic imine (C=N–C) groups is 1. The van der Waals surface area contributed by atoms with Crippen LogP contribution in [-0.4, -0.2) is 55.0 Å². The molecule has 43 heavy (non-hydrogen) atoms. The summed E-state index contributed by atoms with van der Waals surface area (Å²) in [6, 6.07) is 19.6. The van der Waals surface area contributed by atoms with Crippen LogP contribution >= 0.6 is 0 Å². The van der Waals surface area contributed by atoms with Crippen LogP contribution in [0.3, 0.4) is 0 Å². The molecule has 5 rings (SSSR count). The number of hydrogen-bond donors (Lipinski definition) is 2. The van der Waals surface area contributed by atoms with E-state index in [4.69, 9.17) is 9.47 Å². The zero-order chi connectivity index (χ0) is 30.6. The van der Waals surface area contributed by atoms with Crippen LogP contribution in [0.4, 0.5) is 4.79 Å². The van der Waals surface area contributed by atoms with Crippen molar-refractivity contribution in [2.45, 2.75) is 65.3 Å². The van der Waals surface area contributed by atoms with Crippen molar-refractivity contribution in [3.05, 3.63) is 88.5 Å². The highest BCUT2D eigenvalue weighted by Gasteiger charge is 2.22. The molecule has 1 fully saturated rings. The Labute approximate surface area is 254 Å². The van der Waals surface area contributed by atoms with Gasteiger partial charge in [-0.1, -0.05) is 24.3 Å². The van der Waals surface area contributed by atoms with Gasteiger partial charge in [0.25, 0.3) is 5.91 Å². The zero-order valence-electron chi connectivity index (χ0n) is 25.8. The molecule has 0 spiro atoms. The molecule has 2 N–H and O–H groups in total. The van der Waals surface area contributed by atoms with E-state index >= 15 is 0 Å². The predicted octanol–water partition coefficient (Wildman–Crippen LogP) is 6.28. The lowest BCUT2D eigenvalue weighted by molar-refractivity contribution is 0.0520. The largest absolute Gasteiger partial charge is 0.497 e. The average molecular weight is 583 g/mol. The zero-order valence-corrected chi connectivity index (χ0v) is 25.8. The normalized spacial score (nSPS) is 15.4. The first-order chi connectivity index (χ1) is 20.6. The molecule has 8 nitrogen and oxygen atoms in total. The van der Waals surface area contributed by atoms with E-state index in [9.17, 15) is 9.59 Å². The minimum Gasteiger partial charge on any atom is -0.497 e. The third-order valence-electron chi connectivity index (χ3n) is 7.83. The highest BCUT2D eigenvalue weighted by molar-refractivity contribution is 6.03. The van der Waals surface area contributed by atoms with Gasteiger partial charge in [-0.15, -0.1) is 0 Å². The van der Waals surface area contributed by atoms with Crippen molar-refractivity contribution in [3.8, 4) is 16.9 Å². The van der Waals surface area contributed by atoms with E-state index in [1.165, 1.54) is 24.0 Å². The lowest BCUT2D eigenvalue weighted by atomic mass is 9.95. The number of amides is 2. The molecule has 1 saturated heterocycles. The second kappa shape index (κ2) is 13.0. The maximum Gasteiger partial charge on any atom is 0.407 e. The summed E-state index contributed by atoms with van der Waals surface area (Å²) in [5, 5.41) is 5.99. The molecule has 3 aromatic rings. The van der Waals surface area contributed by atoms with Gasteiger partial charge >= 0.3 is 6.09 Å². The molecule has 0 aromatic heterocycles. The molecule has 2 aliphatic rings. The van der Waals surface area contributed by atoms with E-state index in [0.717, 1.165) is 47.6 Å². The molecule has 2 heterocycles. The highest BCUT2D eigenvalue weighted by atomic mass is 16.6. The van der Waals surface area contributed by atoms with E-state index < -0.39 is 17.7 Å². The van der Waals surface area contributed by atoms with E-state index in [1.807, 2.05) is 64.1 Å². The summed E-state index contributed by atoms with van der Waals surface area (Å²) in [4.78, 5) is 33.5. The Balaban J connectivity index is 1.45. The van der Waals surface area contributed by atoms with Crippen LogP contribution in [-0.2, 0) is 17.8 Å². The molecule has 0 bridgehead atoms. The fourth-order valence-electron chi connectivity index (χ4n) is 5.65. The van der Waals surface area contributed by atoms with Crippen molar-refractivity contribution in [1.82, 2.24) is 15.5 Å². The maximum atomic E-state index is 13.9. The Hall–Kier alpha value is -4.17. The van der Waals surface area contributed by atoms with Gasteiger partial charge in [-0.25, -0.2) is 4.79 Å². The van der Waals surface area contributed by atoms with Crippen LogP contribution < -0.4 is 15.4 Å². The molecule has 2 amide bonds. The number of ether oxygens (including phenoxy) is 2. The minimum absolute atomic E-state index is 0.150. The molecule has 226 valence electrons. The van der Waals surface area contributed by atoms with Crippen molar-refractivity contribution in [3.63, 3.8) is 0 Å². The van der Waals surface area contributed by atoms with Gasteiger partial charge in [0.15, 0.2) is 0 Å². The summed E-state index contributed by atoms with van der Waals surface area (Å²) in [7, 11) is 1.60. The molecule has 2 aliphatic heterocycles. The monoisotopic (exact) mass is 582 g/mol. The summed E-state index contributed by atoms with van der Waals surface area (Å²) >= 11 is 0. The quantitative estimate of drug-likeness (QED) is 0.310. The van der Waals surface area contributed by atoms with Gasteiger partial charge in [0.2, 0.25) is 0 Å². The number of carbonyl (C=O) groups is 2. The number of alkyl carbamates (subject to hydrolysis) is 1. The number of nitrogens with zero attached hydrogens (tertiary/aromatic N) is 2. The Bertz CT molecular complexity index is 1520. The third kappa shape index (κ3) is 7.82. The summed E-state index contributed by atoms with van der Waals surface area (Å²) in [6.07, 6.45) is 1.85. The van der Waals surface area contributed by atoms with Crippen molar-refractivity contribution < 1.29 is 19.1 Å². The van der Waals surface area contributed by atoms with Gasteiger partial charge in [-0.2, -0.15) is 0 Å². The van der Waals surface area contributed by atoms with Gasteiger partial charge in [-0.05, 0) is 118 Å². The van der Waals surface area contributed by atoms with E-state index in [1.54, 1.807) is 7.11 Å². The number of methoxy groups -OCH3 is 1. The number of nitrogens with one attached hydrogen (secondary N) is 2. The van der Waals surface area contributed by atoms with E-state index in [2.05, 4.69) is 44.8 Å². The smallest absolute Gasteiger partial charge is 0.407 e. The molecular weight excluding hydrogens is 540 g/mol. The summed E-state index contributed by atoms with van der Waals surface area (Å²) < 4.78 is 10.9. The summed E-state index contributed by atoms with van der Waals surface area (Å²) in [6.45, 7) is 11.3. The van der Waals surface area contributed by atoms with Crippen molar-refractivity contribution in [2.75, 3.05) is 26.7 Å². The van der Waals surface area contributed by atoms with Crippen molar-refractivity contribution in [2.24, 2.45) is 4.99 Å². The highest BCUT2D eigenvalue weighted by Crippen LogP contribution is 2.29.